The van der Waals surface area contributed by atoms with Gasteiger partial charge in [0.2, 0.25) is 5.91 Å². The molecule has 2 aliphatic rings. The molecule has 0 N–H and O–H groups in total. The van der Waals surface area contributed by atoms with Crippen molar-refractivity contribution in [3.63, 3.8) is 0 Å². The molecule has 25 heavy (non-hydrogen) atoms. The van der Waals surface area contributed by atoms with E-state index in [0.717, 1.165) is 50.3 Å². The molecule has 4 rings (SSSR count). The highest BCUT2D eigenvalue weighted by Crippen LogP contribution is 2.41. The molecule has 0 aliphatic carbocycles. The Bertz CT molecular complexity index is 711. The van der Waals surface area contributed by atoms with E-state index < -0.39 is 0 Å². The van der Waals surface area contributed by atoms with Crippen LogP contribution in [0.25, 0.3) is 0 Å². The Kier molecular flexibility index (Phi) is 4.49. The number of carbonyl (C=O) groups is 1. The molecular weight excluding hydrogens is 312 g/mol. The molecule has 1 spiro atoms. The van der Waals surface area contributed by atoms with Crippen molar-refractivity contribution in [2.75, 3.05) is 19.6 Å². The first-order chi connectivity index (χ1) is 12.2. The Morgan fingerprint density at radius 1 is 1.00 bits per heavy atom. The Morgan fingerprint density at radius 2 is 1.80 bits per heavy atom. The number of nitrogens with zero attached hydrogens (tertiary/aromatic N) is 4. The molecule has 5 heteroatoms. The van der Waals surface area contributed by atoms with Crippen LogP contribution in [0, 0.1) is 5.41 Å². The topological polar surface area (TPSA) is 49.3 Å². The van der Waals surface area contributed by atoms with E-state index >= 15 is 0 Å². The number of carbonyl (C=O) groups excluding carboxylic acids is 1. The highest BCUT2D eigenvalue weighted by Gasteiger charge is 2.44. The third kappa shape index (κ3) is 3.71. The summed E-state index contributed by atoms with van der Waals surface area (Å²) in [5.41, 5.74) is 2.46. The predicted octanol–water partition coefficient (Wildman–Crippen LogP) is 2.49. The average molecular weight is 336 g/mol. The summed E-state index contributed by atoms with van der Waals surface area (Å²) in [4.78, 5) is 25.5. The first-order valence-corrected chi connectivity index (χ1v) is 9.01. The molecule has 0 atom stereocenters. The van der Waals surface area contributed by atoms with E-state index in [2.05, 4.69) is 20.9 Å². The minimum atomic E-state index is 0.171. The summed E-state index contributed by atoms with van der Waals surface area (Å²) < 4.78 is 0. The fourth-order valence-corrected chi connectivity index (χ4v) is 4.08. The van der Waals surface area contributed by atoms with Crippen LogP contribution in [-0.2, 0) is 17.9 Å². The summed E-state index contributed by atoms with van der Waals surface area (Å²) in [5, 5.41) is 0. The number of piperidine rings is 1. The number of pyridine rings is 2. The molecule has 4 heterocycles. The Labute approximate surface area is 148 Å². The third-order valence-electron chi connectivity index (χ3n) is 5.56. The van der Waals surface area contributed by atoms with E-state index in [4.69, 9.17) is 0 Å². The summed E-state index contributed by atoms with van der Waals surface area (Å²) in [7, 11) is 0. The fourth-order valence-electron chi connectivity index (χ4n) is 4.08. The lowest BCUT2D eigenvalue weighted by Crippen LogP contribution is -2.41. The van der Waals surface area contributed by atoms with Gasteiger partial charge in [-0.2, -0.15) is 0 Å². The van der Waals surface area contributed by atoms with Gasteiger partial charge in [-0.15, -0.1) is 0 Å². The monoisotopic (exact) mass is 336 g/mol. The molecule has 0 radical (unpaired) electrons. The largest absolute Gasteiger partial charge is 0.338 e. The maximum Gasteiger partial charge on any atom is 0.223 e. The average Bonchev–Trinajstić information content (AvgIpc) is 2.94. The highest BCUT2D eigenvalue weighted by atomic mass is 16.2. The van der Waals surface area contributed by atoms with Gasteiger partial charge in [0.1, 0.15) is 0 Å². The van der Waals surface area contributed by atoms with Gasteiger partial charge in [-0.05, 0) is 61.2 Å². The van der Waals surface area contributed by atoms with Gasteiger partial charge in [0, 0.05) is 44.6 Å². The summed E-state index contributed by atoms with van der Waals surface area (Å²) in [5.74, 6) is 0.301. The van der Waals surface area contributed by atoms with Gasteiger partial charge in [0.25, 0.3) is 0 Å². The minimum absolute atomic E-state index is 0.171. The van der Waals surface area contributed by atoms with Crippen LogP contribution in [0.5, 0.6) is 0 Å². The second kappa shape index (κ2) is 6.92. The molecule has 0 bridgehead atoms. The number of amides is 1. The van der Waals surface area contributed by atoms with Crippen molar-refractivity contribution in [2.24, 2.45) is 5.41 Å². The van der Waals surface area contributed by atoms with Crippen LogP contribution in [0.2, 0.25) is 0 Å². The second-order valence-electron chi connectivity index (χ2n) is 7.38. The zero-order valence-electron chi connectivity index (χ0n) is 14.5. The van der Waals surface area contributed by atoms with Crippen molar-refractivity contribution in [1.29, 1.82) is 0 Å². The van der Waals surface area contributed by atoms with E-state index in [1.54, 1.807) is 12.4 Å². The lowest BCUT2D eigenvalue weighted by atomic mass is 9.77. The van der Waals surface area contributed by atoms with Crippen molar-refractivity contribution >= 4 is 5.91 Å². The van der Waals surface area contributed by atoms with Gasteiger partial charge in [-0.1, -0.05) is 6.07 Å². The molecule has 2 aliphatic heterocycles. The van der Waals surface area contributed by atoms with Crippen molar-refractivity contribution in [3.05, 3.63) is 60.2 Å². The van der Waals surface area contributed by atoms with Crippen LogP contribution in [0.1, 0.15) is 30.5 Å². The number of likely N-dealkylation sites (tertiary alicyclic amines) is 2. The summed E-state index contributed by atoms with van der Waals surface area (Å²) in [6.45, 7) is 4.61. The molecule has 0 unspecified atom stereocenters. The first-order valence-electron chi connectivity index (χ1n) is 9.01. The standard InChI is InChI=1S/C20H24N4O/c25-19-13-20(16-24(19)14-17-4-9-21-10-5-17)6-11-23(12-7-20)15-18-3-1-2-8-22-18/h1-5,8-10H,6-7,11-16H2. The molecule has 0 saturated carbocycles. The maximum atomic E-state index is 12.5. The number of rotatable bonds is 4. The van der Waals surface area contributed by atoms with Crippen molar-refractivity contribution < 1.29 is 4.79 Å². The van der Waals surface area contributed by atoms with Crippen LogP contribution >= 0.6 is 0 Å². The molecule has 130 valence electrons. The highest BCUT2D eigenvalue weighted by molar-refractivity contribution is 5.79. The number of hydrogen-bond donors (Lipinski definition) is 0. The van der Waals surface area contributed by atoms with Crippen LogP contribution in [0.15, 0.2) is 48.9 Å². The molecule has 2 fully saturated rings. The number of aromatic nitrogens is 2. The maximum absolute atomic E-state index is 12.5. The zero-order chi connectivity index (χ0) is 17.1. The van der Waals surface area contributed by atoms with Gasteiger partial charge in [-0.25, -0.2) is 0 Å². The molecule has 1 amide bonds. The molecule has 2 aromatic heterocycles. The summed E-state index contributed by atoms with van der Waals surface area (Å²) >= 11 is 0. The SMILES string of the molecule is O=C1CC2(CCN(Cc3ccccn3)CC2)CN1Cc1ccncc1. The van der Waals surface area contributed by atoms with Gasteiger partial charge >= 0.3 is 0 Å². The smallest absolute Gasteiger partial charge is 0.223 e. The predicted molar refractivity (Wildman–Crippen MR) is 95.5 cm³/mol. The zero-order valence-corrected chi connectivity index (χ0v) is 14.5. The fraction of sp³-hybridized carbons (Fsp3) is 0.450. The van der Waals surface area contributed by atoms with Gasteiger partial charge in [0.15, 0.2) is 0 Å². The van der Waals surface area contributed by atoms with Crippen molar-refractivity contribution in [2.45, 2.75) is 32.4 Å². The van der Waals surface area contributed by atoms with E-state index in [-0.39, 0.29) is 5.41 Å². The summed E-state index contributed by atoms with van der Waals surface area (Å²) in [6.07, 6.45) is 8.34. The van der Waals surface area contributed by atoms with Crippen LogP contribution in [0.3, 0.4) is 0 Å². The van der Waals surface area contributed by atoms with Crippen molar-refractivity contribution in [1.82, 2.24) is 19.8 Å². The van der Waals surface area contributed by atoms with Gasteiger partial charge in [-0.3, -0.25) is 19.7 Å². The Balaban J connectivity index is 1.34. The minimum Gasteiger partial charge on any atom is -0.338 e. The van der Waals surface area contributed by atoms with E-state index in [1.165, 1.54) is 0 Å². The molecule has 2 aromatic rings. The molecule has 5 nitrogen and oxygen atoms in total. The molecular formula is C20H24N4O. The second-order valence-corrected chi connectivity index (χ2v) is 7.38. The van der Waals surface area contributed by atoms with Gasteiger partial charge in [0.05, 0.1) is 5.69 Å². The Morgan fingerprint density at radius 3 is 2.52 bits per heavy atom. The Hall–Kier alpha value is -2.27. The van der Waals surface area contributed by atoms with E-state index in [9.17, 15) is 4.79 Å². The quantitative estimate of drug-likeness (QED) is 0.861. The first kappa shape index (κ1) is 16.2. The van der Waals surface area contributed by atoms with Gasteiger partial charge < -0.3 is 4.90 Å². The normalized spacial score (nSPS) is 20.3. The lowest BCUT2D eigenvalue weighted by molar-refractivity contribution is -0.128. The van der Waals surface area contributed by atoms with E-state index in [0.29, 0.717) is 18.9 Å². The van der Waals surface area contributed by atoms with E-state index in [1.807, 2.05) is 35.4 Å². The van der Waals surface area contributed by atoms with Crippen LogP contribution in [0.4, 0.5) is 0 Å². The van der Waals surface area contributed by atoms with Crippen molar-refractivity contribution in [3.8, 4) is 0 Å². The van der Waals surface area contributed by atoms with Crippen LogP contribution in [-0.4, -0.2) is 45.3 Å². The van der Waals surface area contributed by atoms with Crippen LogP contribution < -0.4 is 0 Å². The number of hydrogen-bond acceptors (Lipinski definition) is 4. The lowest BCUT2D eigenvalue weighted by Gasteiger charge is -2.38. The summed E-state index contributed by atoms with van der Waals surface area (Å²) in [6, 6.07) is 10.1. The molecule has 0 aromatic carbocycles. The third-order valence-corrected chi connectivity index (χ3v) is 5.56. The molecule has 2 saturated heterocycles.